The van der Waals surface area contributed by atoms with E-state index in [1.54, 1.807) is 0 Å². The Kier molecular flexibility index (Phi) is 6.75. The molecule has 0 atom stereocenters. The molecule has 2 aromatic rings. The van der Waals surface area contributed by atoms with Crippen molar-refractivity contribution in [2.45, 2.75) is 33.9 Å². The first-order valence-corrected chi connectivity index (χ1v) is 8.47. The monoisotopic (exact) mass is 334 g/mol. The molecule has 0 unspecified atom stereocenters. The summed E-state index contributed by atoms with van der Waals surface area (Å²) in [5.74, 6) is 1.36. The van der Waals surface area contributed by atoms with Gasteiger partial charge >= 0.3 is 0 Å². The van der Waals surface area contributed by atoms with E-state index in [0.717, 1.165) is 24.4 Å². The standard InChI is InChI=1S/C19H24ClNO2/c1-4-22-18-11-16(10-17(20)19(18)23-5-2)13-21-12-15-8-6-14(3)7-9-15/h6-11,21H,4-5,12-13H2,1-3H3/p+1. The molecule has 0 aliphatic carbocycles. The largest absolute Gasteiger partial charge is 0.490 e. The van der Waals surface area contributed by atoms with Crippen LogP contribution in [0, 0.1) is 6.92 Å². The highest BCUT2D eigenvalue weighted by Gasteiger charge is 2.13. The summed E-state index contributed by atoms with van der Waals surface area (Å²) in [6, 6.07) is 12.6. The van der Waals surface area contributed by atoms with Crippen molar-refractivity contribution in [1.29, 1.82) is 0 Å². The second-order valence-corrected chi connectivity index (χ2v) is 5.86. The van der Waals surface area contributed by atoms with Crippen LogP contribution in [0.15, 0.2) is 36.4 Å². The maximum Gasteiger partial charge on any atom is 0.179 e. The lowest BCUT2D eigenvalue weighted by Crippen LogP contribution is -2.80. The quantitative estimate of drug-likeness (QED) is 0.798. The summed E-state index contributed by atoms with van der Waals surface area (Å²) in [7, 11) is 0. The van der Waals surface area contributed by atoms with Gasteiger partial charge in [0.25, 0.3) is 0 Å². The summed E-state index contributed by atoms with van der Waals surface area (Å²) >= 11 is 6.34. The Bertz CT molecular complexity index is 626. The summed E-state index contributed by atoms with van der Waals surface area (Å²) < 4.78 is 11.3. The first-order valence-electron chi connectivity index (χ1n) is 8.09. The van der Waals surface area contributed by atoms with Crippen molar-refractivity contribution in [3.8, 4) is 11.5 Å². The van der Waals surface area contributed by atoms with Crippen LogP contribution >= 0.6 is 11.6 Å². The Hall–Kier alpha value is -1.71. The Labute approximate surface area is 143 Å². The minimum absolute atomic E-state index is 0.568. The Balaban J connectivity index is 2.03. The van der Waals surface area contributed by atoms with E-state index in [4.69, 9.17) is 21.1 Å². The number of hydrogen-bond acceptors (Lipinski definition) is 2. The van der Waals surface area contributed by atoms with Gasteiger partial charge in [0, 0.05) is 11.1 Å². The number of rotatable bonds is 8. The number of quaternary nitrogens is 1. The summed E-state index contributed by atoms with van der Waals surface area (Å²) in [5, 5.41) is 2.86. The maximum atomic E-state index is 6.34. The Morgan fingerprint density at radius 1 is 0.913 bits per heavy atom. The molecule has 4 heteroatoms. The van der Waals surface area contributed by atoms with E-state index < -0.39 is 0 Å². The van der Waals surface area contributed by atoms with Crippen molar-refractivity contribution in [1.82, 2.24) is 0 Å². The smallest absolute Gasteiger partial charge is 0.179 e. The van der Waals surface area contributed by atoms with Gasteiger partial charge in [-0.2, -0.15) is 0 Å². The molecule has 2 rings (SSSR count). The van der Waals surface area contributed by atoms with Crippen molar-refractivity contribution in [3.63, 3.8) is 0 Å². The second kappa shape index (κ2) is 8.80. The molecule has 0 bridgehead atoms. The van der Waals surface area contributed by atoms with Crippen LogP contribution in [0.1, 0.15) is 30.5 Å². The number of hydrogen-bond donors (Lipinski definition) is 1. The Morgan fingerprint density at radius 3 is 2.22 bits per heavy atom. The average Bonchev–Trinajstić information content (AvgIpc) is 2.53. The van der Waals surface area contributed by atoms with Crippen molar-refractivity contribution in [2.24, 2.45) is 0 Å². The highest BCUT2D eigenvalue weighted by molar-refractivity contribution is 6.32. The number of benzene rings is 2. The molecule has 0 aromatic heterocycles. The van der Waals surface area contributed by atoms with Crippen molar-refractivity contribution in [3.05, 3.63) is 58.1 Å². The van der Waals surface area contributed by atoms with Gasteiger partial charge in [0.2, 0.25) is 0 Å². The van der Waals surface area contributed by atoms with E-state index in [2.05, 4.69) is 36.5 Å². The normalized spacial score (nSPS) is 10.6. The molecule has 0 aliphatic heterocycles. The first kappa shape index (κ1) is 17.6. The number of aryl methyl sites for hydroxylation is 1. The highest BCUT2D eigenvalue weighted by Crippen LogP contribution is 2.36. The molecule has 124 valence electrons. The van der Waals surface area contributed by atoms with Crippen molar-refractivity contribution >= 4 is 11.6 Å². The summed E-state index contributed by atoms with van der Waals surface area (Å²) in [6.45, 7) is 8.95. The van der Waals surface area contributed by atoms with Gasteiger partial charge in [-0.15, -0.1) is 0 Å². The molecule has 0 amide bonds. The van der Waals surface area contributed by atoms with Crippen LogP contribution in [-0.4, -0.2) is 13.2 Å². The van der Waals surface area contributed by atoms with E-state index in [9.17, 15) is 0 Å². The van der Waals surface area contributed by atoms with E-state index in [-0.39, 0.29) is 0 Å². The molecule has 0 radical (unpaired) electrons. The molecule has 2 N–H and O–H groups in total. The van der Waals surface area contributed by atoms with Gasteiger partial charge in [0.05, 0.1) is 18.2 Å². The zero-order chi connectivity index (χ0) is 16.7. The maximum absolute atomic E-state index is 6.34. The van der Waals surface area contributed by atoms with Gasteiger partial charge in [-0.25, -0.2) is 0 Å². The molecule has 0 aliphatic rings. The fourth-order valence-electron chi connectivity index (χ4n) is 2.42. The predicted octanol–water partition coefficient (Wildman–Crippen LogP) is 3.71. The predicted molar refractivity (Wildman–Crippen MR) is 94.3 cm³/mol. The van der Waals surface area contributed by atoms with Crippen LogP contribution < -0.4 is 14.8 Å². The first-order chi connectivity index (χ1) is 11.1. The van der Waals surface area contributed by atoms with Gasteiger partial charge in [0.15, 0.2) is 11.5 Å². The third-order valence-electron chi connectivity index (χ3n) is 3.54. The number of ether oxygens (including phenoxy) is 2. The lowest BCUT2D eigenvalue weighted by atomic mass is 10.1. The SMILES string of the molecule is CCOc1cc(C[NH2+]Cc2ccc(C)cc2)cc(Cl)c1OCC. The zero-order valence-electron chi connectivity index (χ0n) is 14.1. The van der Waals surface area contributed by atoms with E-state index in [0.29, 0.717) is 24.0 Å². The molecular weight excluding hydrogens is 310 g/mol. The van der Waals surface area contributed by atoms with Crippen molar-refractivity contribution < 1.29 is 14.8 Å². The van der Waals surface area contributed by atoms with Crippen LogP contribution in [0.25, 0.3) is 0 Å². The van der Waals surface area contributed by atoms with Crippen LogP contribution in [0.5, 0.6) is 11.5 Å². The third-order valence-corrected chi connectivity index (χ3v) is 3.82. The third kappa shape index (κ3) is 5.15. The fraction of sp³-hybridized carbons (Fsp3) is 0.368. The van der Waals surface area contributed by atoms with Crippen molar-refractivity contribution in [2.75, 3.05) is 13.2 Å². The Morgan fingerprint density at radius 2 is 1.57 bits per heavy atom. The van der Waals surface area contributed by atoms with Gasteiger partial charge in [-0.1, -0.05) is 41.4 Å². The molecule has 0 spiro atoms. The summed E-state index contributed by atoms with van der Waals surface area (Å²) in [4.78, 5) is 0. The van der Waals surface area contributed by atoms with Gasteiger partial charge in [-0.05, 0) is 32.9 Å². The van der Waals surface area contributed by atoms with E-state index in [1.165, 1.54) is 11.1 Å². The zero-order valence-corrected chi connectivity index (χ0v) is 14.8. The minimum Gasteiger partial charge on any atom is -0.490 e. The van der Waals surface area contributed by atoms with Crippen LogP contribution in [0.3, 0.4) is 0 Å². The van der Waals surface area contributed by atoms with Crippen LogP contribution in [-0.2, 0) is 13.1 Å². The molecular formula is C19H25ClNO2+. The topological polar surface area (TPSA) is 35.1 Å². The summed E-state index contributed by atoms with van der Waals surface area (Å²) in [5.41, 5.74) is 3.74. The fourth-order valence-corrected chi connectivity index (χ4v) is 2.70. The average molecular weight is 335 g/mol. The van der Waals surface area contributed by atoms with Gasteiger partial charge in [-0.3, -0.25) is 0 Å². The van der Waals surface area contributed by atoms with E-state index in [1.807, 2.05) is 26.0 Å². The minimum atomic E-state index is 0.568. The molecule has 3 nitrogen and oxygen atoms in total. The van der Waals surface area contributed by atoms with Crippen LogP contribution in [0.4, 0.5) is 0 Å². The molecule has 0 fully saturated rings. The molecule has 0 saturated heterocycles. The lowest BCUT2D eigenvalue weighted by Gasteiger charge is -2.14. The molecule has 0 heterocycles. The van der Waals surface area contributed by atoms with Crippen LogP contribution in [0.2, 0.25) is 5.02 Å². The number of halogens is 1. The molecule has 2 aromatic carbocycles. The molecule has 0 saturated carbocycles. The van der Waals surface area contributed by atoms with E-state index >= 15 is 0 Å². The second-order valence-electron chi connectivity index (χ2n) is 5.45. The highest BCUT2D eigenvalue weighted by atomic mass is 35.5. The van der Waals surface area contributed by atoms with Gasteiger partial charge in [0.1, 0.15) is 13.1 Å². The lowest BCUT2D eigenvalue weighted by molar-refractivity contribution is -0.686. The summed E-state index contributed by atoms with van der Waals surface area (Å²) in [6.07, 6.45) is 0. The molecule has 23 heavy (non-hydrogen) atoms. The van der Waals surface area contributed by atoms with Gasteiger partial charge < -0.3 is 14.8 Å². The number of nitrogens with two attached hydrogens (primary N) is 1.